The molecule has 1 fully saturated rings. The van der Waals surface area contributed by atoms with Gasteiger partial charge in [-0.2, -0.15) is 0 Å². The molecule has 1 aromatic heterocycles. The second-order valence-corrected chi connectivity index (χ2v) is 7.44. The van der Waals surface area contributed by atoms with Gasteiger partial charge in [0.25, 0.3) is 0 Å². The Morgan fingerprint density at radius 2 is 2.04 bits per heavy atom. The maximum Gasteiger partial charge on any atom is 0.223 e. The van der Waals surface area contributed by atoms with Crippen molar-refractivity contribution in [2.24, 2.45) is 17.8 Å². The summed E-state index contributed by atoms with van der Waals surface area (Å²) in [6.45, 7) is 0.542. The monoisotopic (exact) mass is 347 g/mol. The number of allylic oxidation sites excluding steroid dienone is 2. The maximum absolute atomic E-state index is 12.5. The summed E-state index contributed by atoms with van der Waals surface area (Å²) in [6, 6.07) is 7.87. The number of fused-ring (bicyclic) bond motifs is 3. The van der Waals surface area contributed by atoms with Gasteiger partial charge >= 0.3 is 0 Å². The van der Waals surface area contributed by atoms with Crippen LogP contribution in [0.5, 0.6) is 5.75 Å². The normalized spacial score (nSPS) is 28.0. The molecule has 132 valence electrons. The van der Waals surface area contributed by atoms with E-state index in [0.29, 0.717) is 24.2 Å². The highest BCUT2D eigenvalue weighted by Crippen LogP contribution is 2.43. The number of amides is 1. The summed E-state index contributed by atoms with van der Waals surface area (Å²) in [5, 5.41) is 3.12. The third-order valence-electron chi connectivity index (χ3n) is 5.75. The highest BCUT2D eigenvalue weighted by molar-refractivity contribution is 5.80. The summed E-state index contributed by atoms with van der Waals surface area (Å²) in [5.41, 5.74) is 2.06. The molecule has 2 heterocycles. The molecule has 2 aromatic rings. The van der Waals surface area contributed by atoms with E-state index in [1.807, 2.05) is 12.1 Å². The summed E-state index contributed by atoms with van der Waals surface area (Å²) in [6.07, 6.45) is 10.8. The van der Waals surface area contributed by atoms with Gasteiger partial charge in [-0.15, -0.1) is 0 Å². The predicted molar refractivity (Wildman–Crippen MR) is 97.4 cm³/mol. The number of nitrogens with zero attached hydrogens (tertiary/aromatic N) is 2. The lowest BCUT2D eigenvalue weighted by Crippen LogP contribution is -2.39. The minimum atomic E-state index is -0.0343. The molecule has 1 saturated carbocycles. The van der Waals surface area contributed by atoms with Crippen LogP contribution in [0.2, 0.25) is 0 Å². The SMILES string of the molecule is O=C(NC[C@@H]1Cc2cccc(-c3ncccn3)c2O1)[C@@H]1C[C@@H]2C=C[C@H]1C2. The van der Waals surface area contributed by atoms with E-state index in [0.717, 1.165) is 36.1 Å². The standard InChI is InChI=1S/C21H21N3O2/c25-21(18-10-13-5-6-14(18)9-13)24-12-16-11-15-3-1-4-17(19(15)26-16)20-22-7-2-8-23-20/h1-8,13-14,16,18H,9-12H2,(H,24,25)/t13-,14+,16+,18-/m1/s1. The van der Waals surface area contributed by atoms with Crippen LogP contribution in [0.15, 0.2) is 48.8 Å². The first kappa shape index (κ1) is 15.6. The van der Waals surface area contributed by atoms with E-state index in [-0.39, 0.29) is 17.9 Å². The number of para-hydroxylation sites is 1. The molecule has 0 spiro atoms. The molecule has 5 rings (SSSR count). The number of rotatable bonds is 4. The Bertz CT molecular complexity index is 865. The Morgan fingerprint density at radius 1 is 1.15 bits per heavy atom. The Kier molecular flexibility index (Phi) is 3.73. The van der Waals surface area contributed by atoms with E-state index in [4.69, 9.17) is 4.74 Å². The smallest absolute Gasteiger partial charge is 0.223 e. The highest BCUT2D eigenvalue weighted by Gasteiger charge is 2.40. The van der Waals surface area contributed by atoms with Crippen LogP contribution in [-0.4, -0.2) is 28.5 Å². The Balaban J connectivity index is 1.25. The van der Waals surface area contributed by atoms with Gasteiger partial charge in [0, 0.05) is 24.7 Å². The Hall–Kier alpha value is -2.69. The van der Waals surface area contributed by atoms with E-state index < -0.39 is 0 Å². The summed E-state index contributed by atoms with van der Waals surface area (Å²) >= 11 is 0. The number of benzene rings is 1. The van der Waals surface area contributed by atoms with Crippen LogP contribution in [-0.2, 0) is 11.2 Å². The molecule has 1 N–H and O–H groups in total. The van der Waals surface area contributed by atoms with Crippen molar-refractivity contribution in [3.05, 3.63) is 54.4 Å². The maximum atomic E-state index is 12.5. The molecule has 1 aromatic carbocycles. The van der Waals surface area contributed by atoms with Crippen LogP contribution in [0.3, 0.4) is 0 Å². The molecule has 1 amide bonds. The van der Waals surface area contributed by atoms with Gasteiger partial charge in [0.05, 0.1) is 12.1 Å². The fourth-order valence-corrected chi connectivity index (χ4v) is 4.49. The highest BCUT2D eigenvalue weighted by atomic mass is 16.5. The molecule has 0 unspecified atom stereocenters. The number of carbonyl (C=O) groups is 1. The van der Waals surface area contributed by atoms with Crippen molar-refractivity contribution in [3.63, 3.8) is 0 Å². The van der Waals surface area contributed by atoms with Gasteiger partial charge in [0.15, 0.2) is 5.82 Å². The number of hydrogen-bond acceptors (Lipinski definition) is 4. The molecule has 5 nitrogen and oxygen atoms in total. The zero-order valence-electron chi connectivity index (χ0n) is 14.5. The molecule has 4 atom stereocenters. The van der Waals surface area contributed by atoms with Crippen molar-refractivity contribution in [2.75, 3.05) is 6.54 Å². The summed E-state index contributed by atoms with van der Waals surface area (Å²) in [4.78, 5) is 21.2. The van der Waals surface area contributed by atoms with E-state index in [9.17, 15) is 4.79 Å². The average Bonchev–Trinajstić information content (AvgIpc) is 3.41. The first-order valence-corrected chi connectivity index (χ1v) is 9.30. The summed E-state index contributed by atoms with van der Waals surface area (Å²) in [7, 11) is 0. The van der Waals surface area contributed by atoms with E-state index >= 15 is 0 Å². The van der Waals surface area contributed by atoms with Gasteiger partial charge in [-0.05, 0) is 42.4 Å². The molecule has 1 aliphatic heterocycles. The number of aromatic nitrogens is 2. The second kappa shape index (κ2) is 6.24. The molecule has 26 heavy (non-hydrogen) atoms. The second-order valence-electron chi connectivity index (χ2n) is 7.44. The topological polar surface area (TPSA) is 64.1 Å². The van der Waals surface area contributed by atoms with Gasteiger partial charge < -0.3 is 10.1 Å². The third-order valence-corrected chi connectivity index (χ3v) is 5.75. The lowest BCUT2D eigenvalue weighted by atomic mass is 9.93. The lowest BCUT2D eigenvalue weighted by Gasteiger charge is -2.19. The lowest BCUT2D eigenvalue weighted by molar-refractivity contribution is -0.126. The van der Waals surface area contributed by atoms with E-state index in [2.05, 4.69) is 33.5 Å². The number of hydrogen-bond donors (Lipinski definition) is 1. The number of ether oxygens (including phenoxy) is 1. The first-order valence-electron chi connectivity index (χ1n) is 9.30. The Morgan fingerprint density at radius 3 is 2.81 bits per heavy atom. The van der Waals surface area contributed by atoms with Crippen LogP contribution in [0, 0.1) is 17.8 Å². The minimum absolute atomic E-state index is 0.0343. The molecule has 3 aliphatic rings. The van der Waals surface area contributed by atoms with Gasteiger partial charge in [-0.3, -0.25) is 4.79 Å². The van der Waals surface area contributed by atoms with E-state index in [1.54, 1.807) is 18.5 Å². The quantitative estimate of drug-likeness (QED) is 0.864. The molecule has 2 aliphatic carbocycles. The molecule has 2 bridgehead atoms. The van der Waals surface area contributed by atoms with Crippen molar-refractivity contribution in [1.82, 2.24) is 15.3 Å². The van der Waals surface area contributed by atoms with Crippen molar-refractivity contribution in [1.29, 1.82) is 0 Å². The third kappa shape index (κ3) is 2.68. The van der Waals surface area contributed by atoms with Crippen LogP contribution < -0.4 is 10.1 Å². The summed E-state index contributed by atoms with van der Waals surface area (Å²) < 4.78 is 6.16. The number of nitrogens with one attached hydrogen (secondary N) is 1. The average molecular weight is 347 g/mol. The summed E-state index contributed by atoms with van der Waals surface area (Å²) in [5.74, 6) is 2.87. The molecular weight excluding hydrogens is 326 g/mol. The number of carbonyl (C=O) groups excluding carboxylic acids is 1. The molecular formula is C21H21N3O2. The Labute approximate surface area is 152 Å². The minimum Gasteiger partial charge on any atom is -0.487 e. The van der Waals surface area contributed by atoms with Gasteiger partial charge in [0.1, 0.15) is 11.9 Å². The van der Waals surface area contributed by atoms with Crippen LogP contribution in [0.25, 0.3) is 11.4 Å². The van der Waals surface area contributed by atoms with Crippen molar-refractivity contribution < 1.29 is 9.53 Å². The van der Waals surface area contributed by atoms with Crippen LogP contribution in [0.4, 0.5) is 0 Å². The molecule has 5 heteroatoms. The molecule has 0 saturated heterocycles. The van der Waals surface area contributed by atoms with Gasteiger partial charge in [-0.1, -0.05) is 24.3 Å². The predicted octanol–water partition coefficient (Wildman–Crippen LogP) is 2.78. The zero-order valence-corrected chi connectivity index (χ0v) is 14.5. The van der Waals surface area contributed by atoms with Gasteiger partial charge in [-0.25, -0.2) is 9.97 Å². The first-order chi connectivity index (χ1) is 12.8. The van der Waals surface area contributed by atoms with Crippen molar-refractivity contribution in [3.8, 4) is 17.1 Å². The fraction of sp³-hybridized carbons (Fsp3) is 0.381. The van der Waals surface area contributed by atoms with Gasteiger partial charge in [0.2, 0.25) is 5.91 Å². The van der Waals surface area contributed by atoms with Crippen molar-refractivity contribution >= 4 is 5.91 Å². The zero-order chi connectivity index (χ0) is 17.5. The van der Waals surface area contributed by atoms with Crippen LogP contribution in [0.1, 0.15) is 18.4 Å². The molecule has 0 radical (unpaired) electrons. The van der Waals surface area contributed by atoms with E-state index in [1.165, 1.54) is 0 Å². The van der Waals surface area contributed by atoms with Crippen LogP contribution >= 0.6 is 0 Å². The fourth-order valence-electron chi connectivity index (χ4n) is 4.49. The largest absolute Gasteiger partial charge is 0.487 e. The van der Waals surface area contributed by atoms with Crippen molar-refractivity contribution in [2.45, 2.75) is 25.4 Å².